The van der Waals surface area contributed by atoms with Crippen LogP contribution in [0, 0.1) is 0 Å². The maximum absolute atomic E-state index is 5.71. The number of benzene rings is 1. The smallest absolute Gasteiger partial charge is 0.154 e. The number of imidazole rings is 1. The first-order valence-corrected chi connectivity index (χ1v) is 7.49. The third-order valence-electron chi connectivity index (χ3n) is 3.43. The summed E-state index contributed by atoms with van der Waals surface area (Å²) in [5, 5.41) is 4.22. The average Bonchev–Trinajstić information content (AvgIpc) is 3.04. The van der Waals surface area contributed by atoms with E-state index >= 15 is 0 Å². The Labute approximate surface area is 121 Å². The van der Waals surface area contributed by atoms with E-state index in [-0.39, 0.29) is 0 Å². The van der Waals surface area contributed by atoms with Crippen molar-refractivity contribution < 1.29 is 0 Å². The molecule has 104 valence electrons. The number of aromatic nitrogens is 4. The van der Waals surface area contributed by atoms with E-state index in [0.717, 1.165) is 45.8 Å². The lowest BCUT2D eigenvalue weighted by Gasteiger charge is -2.02. The summed E-state index contributed by atoms with van der Waals surface area (Å²) in [7, 11) is 2.03. The molecule has 2 aromatic heterocycles. The lowest BCUT2D eigenvalue weighted by Crippen LogP contribution is -1.97. The van der Waals surface area contributed by atoms with Gasteiger partial charge >= 0.3 is 0 Å². The predicted octanol–water partition coefficient (Wildman–Crippen LogP) is 2.50. The highest BCUT2D eigenvalue weighted by Crippen LogP contribution is 2.29. The zero-order valence-corrected chi connectivity index (χ0v) is 12.4. The second kappa shape index (κ2) is 5.30. The number of hydrogen-bond donors (Lipinski definition) is 1. The standard InChI is InChI=1S/C14H17N5S/c1-3-4-11-13(20-18-17-11)14-16-10-6-5-9(8-15)7-12(10)19(14)2/h5-7H,3-4,8,15H2,1-2H3. The molecule has 1 aromatic carbocycles. The maximum atomic E-state index is 5.71. The van der Waals surface area contributed by atoms with Crippen LogP contribution in [0.4, 0.5) is 0 Å². The molecular formula is C14H17N5S. The molecule has 6 heteroatoms. The fourth-order valence-corrected chi connectivity index (χ4v) is 3.08. The van der Waals surface area contributed by atoms with E-state index in [1.165, 1.54) is 11.5 Å². The Morgan fingerprint density at radius 2 is 2.20 bits per heavy atom. The van der Waals surface area contributed by atoms with Gasteiger partial charge in [-0.2, -0.15) is 0 Å². The molecule has 0 saturated carbocycles. The van der Waals surface area contributed by atoms with E-state index in [1.54, 1.807) is 0 Å². The zero-order chi connectivity index (χ0) is 14.1. The maximum Gasteiger partial charge on any atom is 0.154 e. The van der Waals surface area contributed by atoms with Crippen molar-refractivity contribution in [2.45, 2.75) is 26.3 Å². The van der Waals surface area contributed by atoms with E-state index in [1.807, 2.05) is 19.2 Å². The summed E-state index contributed by atoms with van der Waals surface area (Å²) in [6, 6.07) is 6.14. The Morgan fingerprint density at radius 3 is 2.95 bits per heavy atom. The number of rotatable bonds is 4. The van der Waals surface area contributed by atoms with Crippen LogP contribution in [0.5, 0.6) is 0 Å². The van der Waals surface area contributed by atoms with Gasteiger partial charge in [0, 0.05) is 13.6 Å². The monoisotopic (exact) mass is 287 g/mol. The van der Waals surface area contributed by atoms with Crippen LogP contribution in [0.1, 0.15) is 24.6 Å². The average molecular weight is 287 g/mol. The second-order valence-electron chi connectivity index (χ2n) is 4.82. The highest BCUT2D eigenvalue weighted by molar-refractivity contribution is 7.09. The summed E-state index contributed by atoms with van der Waals surface area (Å²) in [4.78, 5) is 5.79. The van der Waals surface area contributed by atoms with Gasteiger partial charge in [-0.1, -0.05) is 23.9 Å². The van der Waals surface area contributed by atoms with E-state index in [0.29, 0.717) is 6.54 Å². The van der Waals surface area contributed by atoms with Gasteiger partial charge in [0.1, 0.15) is 4.88 Å². The van der Waals surface area contributed by atoms with Crippen LogP contribution in [0.15, 0.2) is 18.2 Å². The zero-order valence-electron chi connectivity index (χ0n) is 11.6. The number of nitrogens with two attached hydrogens (primary N) is 1. The number of nitrogens with zero attached hydrogens (tertiary/aromatic N) is 4. The van der Waals surface area contributed by atoms with Crippen molar-refractivity contribution in [3.8, 4) is 10.7 Å². The Kier molecular flexibility index (Phi) is 3.50. The van der Waals surface area contributed by atoms with Crippen molar-refractivity contribution in [1.82, 2.24) is 19.1 Å². The normalized spacial score (nSPS) is 11.3. The topological polar surface area (TPSA) is 69.6 Å². The molecular weight excluding hydrogens is 270 g/mol. The molecule has 0 aliphatic rings. The third-order valence-corrected chi connectivity index (χ3v) is 4.19. The van der Waals surface area contributed by atoms with E-state index in [2.05, 4.69) is 27.1 Å². The molecule has 0 aliphatic carbocycles. The molecule has 2 heterocycles. The Morgan fingerprint density at radius 1 is 1.35 bits per heavy atom. The van der Waals surface area contributed by atoms with Gasteiger partial charge in [-0.3, -0.25) is 0 Å². The van der Waals surface area contributed by atoms with Crippen molar-refractivity contribution in [3.63, 3.8) is 0 Å². The predicted molar refractivity (Wildman–Crippen MR) is 81.5 cm³/mol. The largest absolute Gasteiger partial charge is 0.326 e. The van der Waals surface area contributed by atoms with Gasteiger partial charge in [0.2, 0.25) is 0 Å². The molecule has 0 amide bonds. The molecule has 3 aromatic rings. The van der Waals surface area contributed by atoms with Gasteiger partial charge < -0.3 is 10.3 Å². The molecule has 0 fully saturated rings. The van der Waals surface area contributed by atoms with Gasteiger partial charge in [-0.05, 0) is 35.6 Å². The van der Waals surface area contributed by atoms with Gasteiger partial charge in [-0.25, -0.2) is 4.98 Å². The van der Waals surface area contributed by atoms with Crippen molar-refractivity contribution in [2.24, 2.45) is 12.8 Å². The van der Waals surface area contributed by atoms with E-state index in [9.17, 15) is 0 Å². The van der Waals surface area contributed by atoms with Crippen LogP contribution >= 0.6 is 11.5 Å². The molecule has 0 saturated heterocycles. The van der Waals surface area contributed by atoms with Crippen molar-refractivity contribution >= 4 is 22.6 Å². The number of aryl methyl sites for hydroxylation is 2. The Bertz CT molecular complexity index is 743. The molecule has 0 radical (unpaired) electrons. The first kappa shape index (κ1) is 13.2. The molecule has 0 aliphatic heterocycles. The Balaban J connectivity index is 2.16. The van der Waals surface area contributed by atoms with Gasteiger partial charge in [0.05, 0.1) is 16.7 Å². The quantitative estimate of drug-likeness (QED) is 0.800. The van der Waals surface area contributed by atoms with Gasteiger partial charge in [0.25, 0.3) is 0 Å². The summed E-state index contributed by atoms with van der Waals surface area (Å²) >= 11 is 1.41. The highest BCUT2D eigenvalue weighted by atomic mass is 32.1. The first-order chi connectivity index (χ1) is 9.74. The summed E-state index contributed by atoms with van der Waals surface area (Å²) in [6.07, 6.45) is 1.99. The van der Waals surface area contributed by atoms with Crippen LogP contribution in [-0.2, 0) is 20.0 Å². The molecule has 0 atom stereocenters. The lowest BCUT2D eigenvalue weighted by molar-refractivity contribution is 0.865. The molecule has 5 nitrogen and oxygen atoms in total. The van der Waals surface area contributed by atoms with E-state index in [4.69, 9.17) is 10.7 Å². The fraction of sp³-hybridized carbons (Fsp3) is 0.357. The molecule has 0 unspecified atom stereocenters. The molecule has 2 N–H and O–H groups in total. The highest BCUT2D eigenvalue weighted by Gasteiger charge is 2.16. The van der Waals surface area contributed by atoms with Gasteiger partial charge in [0.15, 0.2) is 5.82 Å². The summed E-state index contributed by atoms with van der Waals surface area (Å²) < 4.78 is 6.18. The first-order valence-electron chi connectivity index (χ1n) is 6.71. The number of fused-ring (bicyclic) bond motifs is 1. The SMILES string of the molecule is CCCc1nnsc1-c1nc2ccc(CN)cc2n1C. The minimum absolute atomic E-state index is 0.541. The van der Waals surface area contributed by atoms with Crippen LogP contribution in [0.2, 0.25) is 0 Å². The minimum Gasteiger partial charge on any atom is -0.326 e. The minimum atomic E-state index is 0.541. The van der Waals surface area contributed by atoms with Crippen molar-refractivity contribution in [2.75, 3.05) is 0 Å². The molecule has 20 heavy (non-hydrogen) atoms. The van der Waals surface area contributed by atoms with Crippen molar-refractivity contribution in [1.29, 1.82) is 0 Å². The van der Waals surface area contributed by atoms with Crippen molar-refractivity contribution in [3.05, 3.63) is 29.5 Å². The van der Waals surface area contributed by atoms with E-state index < -0.39 is 0 Å². The molecule has 3 rings (SSSR count). The lowest BCUT2D eigenvalue weighted by atomic mass is 10.2. The van der Waals surface area contributed by atoms with Crippen LogP contribution in [0.3, 0.4) is 0 Å². The number of hydrogen-bond acceptors (Lipinski definition) is 5. The van der Waals surface area contributed by atoms with Crippen LogP contribution in [0.25, 0.3) is 21.7 Å². The van der Waals surface area contributed by atoms with Crippen LogP contribution in [-0.4, -0.2) is 19.1 Å². The summed E-state index contributed by atoms with van der Waals surface area (Å²) in [5.74, 6) is 0.938. The Hall–Kier alpha value is -1.79. The molecule has 0 spiro atoms. The second-order valence-corrected chi connectivity index (χ2v) is 5.57. The van der Waals surface area contributed by atoms with Crippen LogP contribution < -0.4 is 5.73 Å². The third kappa shape index (κ3) is 2.10. The summed E-state index contributed by atoms with van der Waals surface area (Å²) in [5.41, 5.74) is 9.94. The van der Waals surface area contributed by atoms with Gasteiger partial charge in [-0.15, -0.1) is 5.10 Å². The fourth-order valence-electron chi connectivity index (χ4n) is 2.34. The summed E-state index contributed by atoms with van der Waals surface area (Å²) in [6.45, 7) is 2.69. The molecule has 0 bridgehead atoms.